The molecule has 0 radical (unpaired) electrons. The molecule has 0 aromatic rings. The number of hydrogen-bond acceptors (Lipinski definition) is 5. The highest BCUT2D eigenvalue weighted by molar-refractivity contribution is 5.89. The predicted molar refractivity (Wildman–Crippen MR) is 97.9 cm³/mol. The molecule has 1 amide bonds. The molecular formula is C16H31Cl2N3O3. The Hall–Kier alpha value is -0.110. The Balaban J connectivity index is 0.00000144. The number of hydrogen-bond donors (Lipinski definition) is 2. The van der Waals surface area contributed by atoms with Crippen molar-refractivity contribution >= 4 is 30.7 Å². The van der Waals surface area contributed by atoms with Gasteiger partial charge in [0.25, 0.3) is 0 Å². The van der Waals surface area contributed by atoms with Crippen LogP contribution in [0.25, 0.3) is 0 Å². The molecule has 3 unspecified atom stereocenters. The van der Waals surface area contributed by atoms with Crippen LogP contribution in [-0.4, -0.2) is 68.4 Å². The fourth-order valence-electron chi connectivity index (χ4n) is 4.34. The van der Waals surface area contributed by atoms with E-state index in [4.69, 9.17) is 15.2 Å². The molecule has 0 spiro atoms. The summed E-state index contributed by atoms with van der Waals surface area (Å²) in [4.78, 5) is 15.0. The van der Waals surface area contributed by atoms with Gasteiger partial charge < -0.3 is 20.5 Å². The maximum absolute atomic E-state index is 12.7. The molecule has 3 rings (SSSR count). The smallest absolute Gasteiger partial charge is 0.241 e. The summed E-state index contributed by atoms with van der Waals surface area (Å²) in [6.45, 7) is 9.84. The fourth-order valence-corrected chi connectivity index (χ4v) is 4.34. The van der Waals surface area contributed by atoms with E-state index in [9.17, 15) is 4.79 Å². The van der Waals surface area contributed by atoms with Gasteiger partial charge in [-0.05, 0) is 12.8 Å². The Kier molecular flexibility index (Phi) is 7.78. The van der Waals surface area contributed by atoms with Crippen molar-refractivity contribution in [2.45, 2.75) is 38.3 Å². The fraction of sp³-hybridized carbons (Fsp3) is 0.938. The number of amides is 1. The number of nitrogens with two attached hydrogens (primary N) is 1. The van der Waals surface area contributed by atoms with Crippen LogP contribution in [0.4, 0.5) is 0 Å². The van der Waals surface area contributed by atoms with E-state index in [1.807, 2.05) is 0 Å². The van der Waals surface area contributed by atoms with Crippen molar-refractivity contribution < 1.29 is 14.3 Å². The van der Waals surface area contributed by atoms with Crippen LogP contribution in [-0.2, 0) is 14.3 Å². The van der Waals surface area contributed by atoms with Gasteiger partial charge in [0.05, 0.1) is 19.3 Å². The summed E-state index contributed by atoms with van der Waals surface area (Å²) in [5.41, 5.74) is 5.47. The highest BCUT2D eigenvalue weighted by atomic mass is 35.5. The number of carbonyl (C=O) groups excluding carboxylic acids is 1. The second-order valence-electron chi connectivity index (χ2n) is 7.34. The van der Waals surface area contributed by atoms with Crippen LogP contribution < -0.4 is 11.1 Å². The van der Waals surface area contributed by atoms with Gasteiger partial charge in [0.2, 0.25) is 5.91 Å². The van der Waals surface area contributed by atoms with Gasteiger partial charge in [-0.3, -0.25) is 9.69 Å². The van der Waals surface area contributed by atoms with E-state index in [1.165, 1.54) is 0 Å². The van der Waals surface area contributed by atoms with Crippen molar-refractivity contribution in [3.63, 3.8) is 0 Å². The first-order valence-corrected chi connectivity index (χ1v) is 8.47. The number of halogens is 2. The van der Waals surface area contributed by atoms with Crippen LogP contribution in [0.5, 0.6) is 0 Å². The number of nitrogens with zero attached hydrogens (tertiary/aromatic N) is 1. The van der Waals surface area contributed by atoms with E-state index < -0.39 is 5.54 Å². The summed E-state index contributed by atoms with van der Waals surface area (Å²) in [6.07, 6.45) is 2.11. The number of nitrogens with one attached hydrogen (secondary N) is 1. The van der Waals surface area contributed by atoms with Gasteiger partial charge in [-0.2, -0.15) is 0 Å². The maximum Gasteiger partial charge on any atom is 0.241 e. The molecule has 2 saturated heterocycles. The topological polar surface area (TPSA) is 76.8 Å². The molecule has 6 nitrogen and oxygen atoms in total. The molecule has 3 aliphatic rings. The zero-order valence-corrected chi connectivity index (χ0v) is 16.2. The minimum atomic E-state index is -0.802. The Morgan fingerprint density at radius 3 is 2.58 bits per heavy atom. The Morgan fingerprint density at radius 1 is 1.25 bits per heavy atom. The lowest BCUT2D eigenvalue weighted by Crippen LogP contribution is -2.82. The van der Waals surface area contributed by atoms with Gasteiger partial charge in [0, 0.05) is 44.1 Å². The predicted octanol–water partition coefficient (Wildman–Crippen LogP) is 0.811. The molecule has 0 bridgehead atoms. The monoisotopic (exact) mass is 383 g/mol. The molecule has 0 aromatic heterocycles. The van der Waals surface area contributed by atoms with E-state index in [2.05, 4.69) is 24.1 Å². The van der Waals surface area contributed by atoms with Gasteiger partial charge in [0.15, 0.2) is 0 Å². The molecule has 3 atom stereocenters. The summed E-state index contributed by atoms with van der Waals surface area (Å²) in [5.74, 6) is 0.136. The van der Waals surface area contributed by atoms with Crippen molar-refractivity contribution in [2.24, 2.45) is 17.1 Å². The van der Waals surface area contributed by atoms with Crippen LogP contribution in [0, 0.1) is 11.3 Å². The number of rotatable bonds is 4. The first-order chi connectivity index (χ1) is 10.5. The summed E-state index contributed by atoms with van der Waals surface area (Å²) in [6, 6.07) is 0. The summed E-state index contributed by atoms with van der Waals surface area (Å²) in [5, 5.41) is 3.06. The minimum absolute atomic E-state index is 0. The van der Waals surface area contributed by atoms with Gasteiger partial charge >= 0.3 is 0 Å². The van der Waals surface area contributed by atoms with Gasteiger partial charge in [-0.15, -0.1) is 24.8 Å². The van der Waals surface area contributed by atoms with E-state index in [-0.39, 0.29) is 48.2 Å². The summed E-state index contributed by atoms with van der Waals surface area (Å²) >= 11 is 0. The van der Waals surface area contributed by atoms with Crippen molar-refractivity contribution in [3.05, 3.63) is 0 Å². The molecule has 1 saturated carbocycles. The van der Waals surface area contributed by atoms with Crippen molar-refractivity contribution in [2.75, 3.05) is 46.0 Å². The maximum atomic E-state index is 12.7. The van der Waals surface area contributed by atoms with Crippen LogP contribution in [0.3, 0.4) is 0 Å². The van der Waals surface area contributed by atoms with Gasteiger partial charge in [-0.1, -0.05) is 13.8 Å². The third-order valence-electron chi connectivity index (χ3n) is 5.88. The first kappa shape index (κ1) is 21.9. The number of morpholine rings is 1. The Morgan fingerprint density at radius 2 is 1.92 bits per heavy atom. The standard InChI is InChI=1S/C16H29N3O3.2ClH/c1-15(2)13-12(4-3-9-22-13)16(15,17)14(20)18-5-6-19-7-10-21-11-8-19;;/h12-13H,3-11,17H2,1-2H3,(H,18,20);2*1H. The summed E-state index contributed by atoms with van der Waals surface area (Å²) in [7, 11) is 0. The second-order valence-corrected chi connectivity index (χ2v) is 7.34. The van der Waals surface area contributed by atoms with Crippen molar-refractivity contribution in [3.8, 4) is 0 Å². The molecule has 142 valence electrons. The number of fused-ring (bicyclic) bond motifs is 1. The molecule has 3 N–H and O–H groups in total. The molecule has 1 aliphatic carbocycles. The number of carbonyl (C=O) groups is 1. The highest BCUT2D eigenvalue weighted by Gasteiger charge is 2.70. The zero-order valence-electron chi connectivity index (χ0n) is 14.6. The van der Waals surface area contributed by atoms with E-state index in [0.717, 1.165) is 52.3 Å². The zero-order chi connectivity index (χ0) is 15.8. The molecule has 2 aliphatic heterocycles. The van der Waals surface area contributed by atoms with Crippen LogP contribution >= 0.6 is 24.8 Å². The SMILES string of the molecule is CC1(C)C2OCCCC2C1(N)C(=O)NCCN1CCOCC1.Cl.Cl. The minimum Gasteiger partial charge on any atom is -0.379 e. The largest absolute Gasteiger partial charge is 0.379 e. The number of ether oxygens (including phenoxy) is 2. The third kappa shape index (κ3) is 3.55. The van der Waals surface area contributed by atoms with Crippen molar-refractivity contribution in [1.82, 2.24) is 10.2 Å². The molecule has 2 heterocycles. The summed E-state index contributed by atoms with van der Waals surface area (Å²) < 4.78 is 11.2. The molecule has 3 fully saturated rings. The lowest BCUT2D eigenvalue weighted by Gasteiger charge is -2.65. The Bertz CT molecular complexity index is 433. The molecule has 24 heavy (non-hydrogen) atoms. The average Bonchev–Trinajstić information content (AvgIpc) is 2.55. The molecular weight excluding hydrogens is 353 g/mol. The quantitative estimate of drug-likeness (QED) is 0.750. The van der Waals surface area contributed by atoms with Crippen LogP contribution in [0.2, 0.25) is 0 Å². The third-order valence-corrected chi connectivity index (χ3v) is 5.88. The average molecular weight is 384 g/mol. The highest BCUT2D eigenvalue weighted by Crippen LogP contribution is 2.57. The Labute approximate surface area is 157 Å². The van der Waals surface area contributed by atoms with Gasteiger partial charge in [0.1, 0.15) is 5.54 Å². The van der Waals surface area contributed by atoms with Crippen LogP contribution in [0.15, 0.2) is 0 Å². The van der Waals surface area contributed by atoms with E-state index in [1.54, 1.807) is 0 Å². The van der Waals surface area contributed by atoms with E-state index >= 15 is 0 Å². The normalized spacial score (nSPS) is 34.8. The van der Waals surface area contributed by atoms with E-state index in [0.29, 0.717) is 6.54 Å². The van der Waals surface area contributed by atoms with Crippen molar-refractivity contribution in [1.29, 1.82) is 0 Å². The molecule has 0 aromatic carbocycles. The first-order valence-electron chi connectivity index (χ1n) is 8.47. The lowest BCUT2D eigenvalue weighted by atomic mass is 9.46. The van der Waals surface area contributed by atoms with Gasteiger partial charge in [-0.25, -0.2) is 0 Å². The second kappa shape index (κ2) is 8.52. The van der Waals surface area contributed by atoms with Crippen LogP contribution in [0.1, 0.15) is 26.7 Å². The lowest BCUT2D eigenvalue weighted by molar-refractivity contribution is -0.225. The molecule has 8 heteroatoms.